The molecule has 0 aliphatic heterocycles. The van der Waals surface area contributed by atoms with Gasteiger partial charge >= 0.3 is 0 Å². The molecule has 1 heterocycles. The lowest BCUT2D eigenvalue weighted by molar-refractivity contribution is -2.00. The van der Waals surface area contributed by atoms with Gasteiger partial charge < -0.3 is 0 Å². The fourth-order valence-corrected chi connectivity index (χ4v) is 4.02. The Hall–Kier alpha value is -2.64. The Kier molecular flexibility index (Phi) is 7.29. The van der Waals surface area contributed by atoms with E-state index in [0.717, 1.165) is 0 Å². The molecule has 0 saturated heterocycles. The van der Waals surface area contributed by atoms with Crippen LogP contribution in [0, 0.1) is 17.2 Å². The zero-order valence-corrected chi connectivity index (χ0v) is 17.7. The minimum atomic E-state index is -4.94. The number of rotatable bonds is 3. The normalized spacial score (nSPS) is 10.8. The topological polar surface area (TPSA) is 92.2 Å². The van der Waals surface area contributed by atoms with Gasteiger partial charge in [-0.25, -0.2) is 18.6 Å². The standard InChI is InChI=1S/C24H19S.ClHO4/c1-18-12-14-19(15-13-18)22-16-23(20-8-4-2-5-9-20)25-24(17-22)21-10-6-3-7-11-21;2-1(3,4)5/h2-17H,1H3;(H,2,3,4,5)/q+1;/p-1. The zero-order valence-electron chi connectivity index (χ0n) is 16.2. The van der Waals surface area contributed by atoms with E-state index < -0.39 is 10.2 Å². The average Bonchev–Trinajstić information content (AvgIpc) is 2.74. The van der Waals surface area contributed by atoms with Crippen LogP contribution in [0.15, 0.2) is 97.1 Å². The third-order valence-corrected chi connectivity index (χ3v) is 5.44. The summed E-state index contributed by atoms with van der Waals surface area (Å²) in [7, 11) is -4.94. The van der Waals surface area contributed by atoms with Crippen LogP contribution < -0.4 is 18.6 Å². The van der Waals surface area contributed by atoms with Gasteiger partial charge in [0, 0.05) is 23.3 Å². The van der Waals surface area contributed by atoms with E-state index in [2.05, 4.69) is 104 Å². The predicted octanol–water partition coefficient (Wildman–Crippen LogP) is 2.58. The highest BCUT2D eigenvalue weighted by Gasteiger charge is 2.18. The van der Waals surface area contributed by atoms with Crippen LogP contribution >= 0.6 is 11.3 Å². The van der Waals surface area contributed by atoms with E-state index in [1.165, 1.54) is 37.6 Å². The van der Waals surface area contributed by atoms with Gasteiger partial charge in [0.1, 0.15) is 0 Å². The van der Waals surface area contributed by atoms with Crippen LogP contribution in [0.5, 0.6) is 0 Å². The van der Waals surface area contributed by atoms with E-state index in [4.69, 9.17) is 18.6 Å². The first-order valence-electron chi connectivity index (χ1n) is 9.07. The molecule has 0 N–H and O–H groups in total. The Labute approximate surface area is 181 Å². The van der Waals surface area contributed by atoms with Gasteiger partial charge in [-0.3, -0.25) is 0 Å². The molecule has 4 rings (SSSR count). The number of benzene rings is 3. The van der Waals surface area contributed by atoms with Crippen LogP contribution in [0.2, 0.25) is 0 Å². The SMILES string of the molecule is Cc1ccc(-c2cc(-c3ccccc3)[s+]c(-c3ccccc3)c2)cc1.[O-][Cl+3]([O-])([O-])[O-]. The fraction of sp³-hybridized carbons (Fsp3) is 0.0417. The van der Waals surface area contributed by atoms with Crippen molar-refractivity contribution < 1.29 is 28.9 Å². The molecule has 4 nitrogen and oxygen atoms in total. The summed E-state index contributed by atoms with van der Waals surface area (Å²) in [5.74, 6) is 0. The van der Waals surface area contributed by atoms with Crippen molar-refractivity contribution in [1.82, 2.24) is 0 Å². The van der Waals surface area contributed by atoms with Gasteiger partial charge in [-0.05, 0) is 42.3 Å². The molecule has 152 valence electrons. The van der Waals surface area contributed by atoms with Crippen molar-refractivity contribution in [2.24, 2.45) is 0 Å². The minimum Gasteiger partial charge on any atom is -0.222 e. The lowest BCUT2D eigenvalue weighted by Gasteiger charge is -2.17. The second-order valence-electron chi connectivity index (χ2n) is 6.55. The van der Waals surface area contributed by atoms with E-state index in [9.17, 15) is 0 Å². The average molecular weight is 439 g/mol. The van der Waals surface area contributed by atoms with Crippen molar-refractivity contribution in [3.63, 3.8) is 0 Å². The molecule has 0 aliphatic carbocycles. The van der Waals surface area contributed by atoms with E-state index >= 15 is 0 Å². The Morgan fingerprint density at radius 2 is 0.933 bits per heavy atom. The first-order valence-corrected chi connectivity index (χ1v) is 11.1. The molecule has 6 heteroatoms. The molecule has 0 atom stereocenters. The van der Waals surface area contributed by atoms with Crippen molar-refractivity contribution >= 4 is 11.3 Å². The quantitative estimate of drug-likeness (QED) is 0.459. The summed E-state index contributed by atoms with van der Waals surface area (Å²) in [6, 6.07) is 34.6. The molecule has 3 aromatic carbocycles. The molecule has 0 aliphatic rings. The number of hydrogen-bond acceptors (Lipinski definition) is 4. The van der Waals surface area contributed by atoms with Crippen LogP contribution in [0.25, 0.3) is 32.0 Å². The number of halogens is 1. The van der Waals surface area contributed by atoms with Crippen molar-refractivity contribution in [2.45, 2.75) is 6.92 Å². The number of aryl methyl sites for hydroxylation is 1. The minimum absolute atomic E-state index is 1.26. The van der Waals surface area contributed by atoms with Gasteiger partial charge in [-0.15, -0.1) is 10.2 Å². The highest BCUT2D eigenvalue weighted by atomic mass is 35.7. The van der Waals surface area contributed by atoms with E-state index in [1.807, 2.05) is 11.3 Å². The van der Waals surface area contributed by atoms with Crippen LogP contribution in [0.4, 0.5) is 0 Å². The summed E-state index contributed by atoms with van der Waals surface area (Å²) in [5.41, 5.74) is 6.33. The smallest absolute Gasteiger partial charge is 0.222 e. The molecule has 0 bridgehead atoms. The van der Waals surface area contributed by atoms with Gasteiger partial charge in [0.05, 0.1) is 0 Å². The molecular weight excluding hydrogens is 420 g/mol. The van der Waals surface area contributed by atoms with E-state index in [-0.39, 0.29) is 0 Å². The maximum Gasteiger partial charge on any atom is 0.239 e. The van der Waals surface area contributed by atoms with Crippen molar-refractivity contribution in [1.29, 1.82) is 0 Å². The predicted molar refractivity (Wildman–Crippen MR) is 110 cm³/mol. The van der Waals surface area contributed by atoms with Crippen molar-refractivity contribution in [3.05, 3.63) is 103 Å². The van der Waals surface area contributed by atoms with Gasteiger partial charge in [-0.2, -0.15) is 0 Å². The molecule has 0 fully saturated rings. The summed E-state index contributed by atoms with van der Waals surface area (Å²) in [6.45, 7) is 2.13. The lowest BCUT2D eigenvalue weighted by atomic mass is 10.0. The molecule has 0 unspecified atom stereocenters. The Morgan fingerprint density at radius 1 is 0.533 bits per heavy atom. The van der Waals surface area contributed by atoms with Gasteiger partial charge in [0.2, 0.25) is 21.1 Å². The van der Waals surface area contributed by atoms with Crippen LogP contribution in [-0.4, -0.2) is 0 Å². The Bertz CT molecular complexity index is 1020. The first-order chi connectivity index (χ1) is 14.3. The molecule has 1 aromatic heterocycles. The maximum atomic E-state index is 8.49. The van der Waals surface area contributed by atoms with Crippen molar-refractivity contribution in [3.8, 4) is 32.0 Å². The number of hydrogen-bond donors (Lipinski definition) is 0. The Balaban J connectivity index is 0.000000461. The third-order valence-electron chi connectivity index (χ3n) is 4.29. The van der Waals surface area contributed by atoms with Gasteiger partial charge in [-0.1, -0.05) is 66.2 Å². The van der Waals surface area contributed by atoms with E-state index in [1.54, 1.807) is 0 Å². The summed E-state index contributed by atoms with van der Waals surface area (Å²) in [5, 5.41) is 0. The monoisotopic (exact) mass is 438 g/mol. The van der Waals surface area contributed by atoms with Crippen LogP contribution in [-0.2, 0) is 0 Å². The van der Waals surface area contributed by atoms with Crippen LogP contribution in [0.3, 0.4) is 0 Å². The summed E-state index contributed by atoms with van der Waals surface area (Å²) < 4.78 is 34.0. The highest BCUT2D eigenvalue weighted by Crippen LogP contribution is 2.37. The molecule has 0 saturated carbocycles. The first kappa shape index (κ1) is 22.1. The molecule has 0 radical (unpaired) electrons. The molecule has 0 spiro atoms. The summed E-state index contributed by atoms with van der Waals surface area (Å²) in [4.78, 5) is 2.58. The molecule has 30 heavy (non-hydrogen) atoms. The van der Waals surface area contributed by atoms with Crippen molar-refractivity contribution in [2.75, 3.05) is 0 Å². The zero-order chi connectivity index (χ0) is 21.6. The second kappa shape index (κ2) is 9.91. The summed E-state index contributed by atoms with van der Waals surface area (Å²) in [6.07, 6.45) is 0. The van der Waals surface area contributed by atoms with Gasteiger partial charge in [0.15, 0.2) is 0 Å². The second-order valence-corrected chi connectivity index (χ2v) is 8.39. The fourth-order valence-electron chi connectivity index (χ4n) is 2.90. The van der Waals surface area contributed by atoms with E-state index in [0.29, 0.717) is 0 Å². The Morgan fingerprint density at radius 3 is 1.33 bits per heavy atom. The van der Waals surface area contributed by atoms with Crippen LogP contribution in [0.1, 0.15) is 5.56 Å². The van der Waals surface area contributed by atoms with Gasteiger partial charge in [0.25, 0.3) is 0 Å². The maximum absolute atomic E-state index is 8.49. The molecule has 4 aromatic rings. The third kappa shape index (κ3) is 6.71. The summed E-state index contributed by atoms with van der Waals surface area (Å²) >= 11 is 1.84. The molecular formula is C24H19ClO4S. The largest absolute Gasteiger partial charge is 0.239 e. The lowest BCUT2D eigenvalue weighted by Crippen LogP contribution is -2.68. The highest BCUT2D eigenvalue weighted by molar-refractivity contribution is 7.18. The molecule has 0 amide bonds.